The Morgan fingerprint density at radius 3 is 0.972 bits per heavy atom. The highest BCUT2D eigenvalue weighted by Crippen LogP contribution is 2.50. The van der Waals surface area contributed by atoms with E-state index in [0.29, 0.717) is 16.9 Å². The van der Waals surface area contributed by atoms with Gasteiger partial charge in [-0.05, 0) is 148 Å². The van der Waals surface area contributed by atoms with Gasteiger partial charge in [-0.1, -0.05) is 144 Å². The first-order valence-electron chi connectivity index (χ1n) is 71.6. The minimum absolute atomic E-state index is 0.0132. The number of hydrogen-bond donors (Lipinski definition) is 16. The van der Waals surface area contributed by atoms with Gasteiger partial charge >= 0.3 is 0 Å². The largest absolute Gasteiger partial charge is 0.394 e. The van der Waals surface area contributed by atoms with E-state index >= 15 is 0 Å². The summed E-state index contributed by atoms with van der Waals surface area (Å²) in [4.78, 5) is 33.2. The lowest BCUT2D eigenvalue weighted by molar-refractivity contribution is -0.0629. The summed E-state index contributed by atoms with van der Waals surface area (Å²) in [6, 6.07) is -25.0. The van der Waals surface area contributed by atoms with Crippen molar-refractivity contribution < 1.29 is 177 Å². The molecular weight excluding hydrogens is 1950 g/mol. The second-order valence-electron chi connectivity index (χ2n) is 31.0. The first-order valence-corrected chi connectivity index (χ1v) is 46.0. The molecule has 8 aromatic heterocycles. The zero-order valence-corrected chi connectivity index (χ0v) is 78.8. The Bertz CT molecular complexity index is 9600. The maximum atomic E-state index is 14.8. The van der Waals surface area contributed by atoms with Gasteiger partial charge in [-0.3, -0.25) is 0 Å². The van der Waals surface area contributed by atoms with Crippen molar-refractivity contribution in [2.24, 2.45) is 0 Å². The third kappa shape index (κ3) is 23.8. The number of hydrogen-bond acceptors (Lipinski definition) is 40. The molecule has 144 heavy (non-hydrogen) atoms. The molecule has 8 aliphatic carbocycles. The maximum Gasteiger partial charge on any atom is 0.191 e. The zero-order valence-electron chi connectivity index (χ0n) is 134. The summed E-state index contributed by atoms with van der Waals surface area (Å²) < 4.78 is 558. The Labute approximate surface area is 925 Å². The highest BCUT2D eigenvalue weighted by Gasteiger charge is 2.51. The molecule has 0 bridgehead atoms. The molecular formula is C96H124F4N24O16S4. The number of rotatable bonds is 40. The van der Waals surface area contributed by atoms with Gasteiger partial charge in [0, 0.05) is 126 Å². The number of fused-ring (bicyclic) bond motifs is 4. The van der Waals surface area contributed by atoms with Crippen molar-refractivity contribution in [3.63, 3.8) is 0 Å². The highest BCUT2D eigenvalue weighted by molar-refractivity contribution is 7.99. The van der Waals surface area contributed by atoms with Crippen LogP contribution in [0.25, 0.3) is 44.7 Å². The highest BCUT2D eigenvalue weighted by atomic mass is 32.2. The van der Waals surface area contributed by atoms with Gasteiger partial charge in [0.1, 0.15) is 71.9 Å². The summed E-state index contributed by atoms with van der Waals surface area (Å²) in [5.41, 5.74) is -14.7. The minimum Gasteiger partial charge on any atom is -0.394 e. The molecule has 40 nitrogen and oxygen atoms in total. The van der Waals surface area contributed by atoms with Gasteiger partial charge in [0.25, 0.3) is 0 Å². The van der Waals surface area contributed by atoms with E-state index < -0.39 is 422 Å². The van der Waals surface area contributed by atoms with Crippen LogP contribution < -0.4 is 21.3 Å². The predicted octanol–water partition coefficient (Wildman–Crippen LogP) is 8.73. The summed E-state index contributed by atoms with van der Waals surface area (Å²) in [6.45, 7) is -9.97. The van der Waals surface area contributed by atoms with E-state index in [4.69, 9.17) is 89.0 Å². The van der Waals surface area contributed by atoms with E-state index in [1.165, 1.54) is 27.7 Å². The van der Waals surface area contributed by atoms with E-state index in [1.54, 1.807) is 0 Å². The van der Waals surface area contributed by atoms with Crippen molar-refractivity contribution in [2.75, 3.05) is 96.8 Å². The molecule has 8 aliphatic rings. The van der Waals surface area contributed by atoms with Crippen LogP contribution in [0.1, 0.15) is 276 Å². The number of ether oxygens (including phenoxy) is 4. The molecule has 776 valence electrons. The van der Waals surface area contributed by atoms with Gasteiger partial charge in [0.2, 0.25) is 0 Å². The number of anilines is 4. The lowest BCUT2D eigenvalue weighted by Crippen LogP contribution is -2.33. The van der Waals surface area contributed by atoms with Gasteiger partial charge in [-0.2, -0.15) is 0 Å². The molecule has 0 radical (unpaired) electrons. The van der Waals surface area contributed by atoms with Gasteiger partial charge < -0.3 is 101 Å². The quantitative estimate of drug-likeness (QED) is 0.00969. The fraction of sp³-hybridized carbons (Fsp3) is 0.583. The predicted molar refractivity (Wildman–Crippen MR) is 530 cm³/mol. The maximum absolute atomic E-state index is 14.8. The Balaban J connectivity index is 0.000000174. The smallest absolute Gasteiger partial charge is 0.191 e. The number of benzene rings is 4. The molecule has 8 heterocycles. The van der Waals surface area contributed by atoms with Crippen LogP contribution in [0.4, 0.5) is 40.8 Å². The molecule has 8 fully saturated rings. The Morgan fingerprint density at radius 1 is 0.375 bits per heavy atom. The average Bonchev–Trinajstić information content (AvgIpc) is 1.48. The summed E-state index contributed by atoms with van der Waals surface area (Å²) in [7, 11) is 0. The molecule has 0 spiro atoms. The fourth-order valence-electron chi connectivity index (χ4n) is 13.8. The third-order valence-electron chi connectivity index (χ3n) is 21.2. The van der Waals surface area contributed by atoms with Crippen LogP contribution in [0, 0.1) is 51.0 Å². The summed E-state index contributed by atoms with van der Waals surface area (Å²) in [5.74, 6) is -8.61. The Kier molecular flexibility index (Phi) is 18.1. The SMILES string of the molecule is [2H]c1c([2H])c([C@@H]2C[C@H]2Nc2nc(SC([2H])([2H])C([2H])([2H])C)nc3c2nnn3[C@]2([2H])C([2H])([2H])[C@]([2H])(OC([2H])([2H])C([2H])([2H])O)[C@@]([2H])(O)[C@@]2([2H])O)c([2H])c(F)c1C.[2H]c1c([2H])c([C@@H]2C[C@H]2Nc2nc(SC([2H])([2H])C([2H])([2H])C)nc3c2nnn3[C@]2([2H])C([2H])([2H])[C@]([2H])(OC([2H])([2H])CO)[C@@]([2H])(O)[C@@]2([2H])O)c([2H])c(F)c1C.[2H]c1c([2H])c([C@@H]2C[C@H]2Nc2nc(SC([2H])([2H])C([2H])([2H])C)nc3c2nnn3[C@]2([2H])C([2H])([2H])[C@]([2H])(OCC([2H])([2H])O)[C@@]([2H])(O)[C@@]2([2H])O)c([2H])c(F)c1C.[2H]c1c([2H])c([C@H]2[C@H](Nc3nc(SCCC)nc4c3nnn4[C@]3([2H])C([2H])([2H])[C@]([2H])(OCCO)[C@@]([2H])(O)[C@@]3([2H])O)C2([2H])[2H])c([2H])c(F)c1C. The zero-order chi connectivity index (χ0) is 154. The number of nitrogens with zero attached hydrogens (tertiary/aromatic N) is 20. The van der Waals surface area contributed by atoms with Crippen LogP contribution in [-0.4, -0.2) is 334 Å². The standard InChI is InChI=1S/4C24H31FN6O4S/c4*1-3-8-36-24-27-22(26-16-10-14(16)13-5-4-12(2)15(25)9-13)19-23(28-24)31(30-29-19)17-11-18(35-7-6-32)21(34)20(17)33/h4*4-5,9,14,16-18,20-21,32-34H,3,6-8,10-11H2,1-2H3,(H,26,27,28)/t4*14-,16+,17+,18-,20-,21+/m0000/s1/i3D2,4D,5D,6D2,7D2,8D2,9D,11D2,17D,18D,20D,21D;3D2,4D,5D,7D2,8D2,9D,11D2,17D,18D,20D,21D;3D2,4D,5D,6D2,8D2,9D,11D2,17D,18D,20D,21D;4D,5D,9D,10D2,11D2,17D,18D,20D,21D. The Hall–Kier alpha value is -9.52. The molecule has 24 atom stereocenters. The molecule has 8 saturated carbocycles. The molecule has 16 N–H and O–H groups in total. The second-order valence-corrected chi connectivity index (χ2v) is 34.4. The van der Waals surface area contributed by atoms with Crippen molar-refractivity contribution in [1.82, 2.24) is 99.8 Å². The fourth-order valence-corrected chi connectivity index (χ4v) is 15.9. The lowest BCUT2D eigenvalue weighted by Gasteiger charge is -2.17. The van der Waals surface area contributed by atoms with Crippen molar-refractivity contribution in [3.8, 4) is 0 Å². The molecule has 48 heteroatoms. The van der Waals surface area contributed by atoms with Crippen LogP contribution in [0.3, 0.4) is 0 Å². The molecule has 12 aromatic rings. The number of aromatic nitrogens is 20. The van der Waals surface area contributed by atoms with E-state index in [9.17, 15) is 78.8 Å². The van der Waals surface area contributed by atoms with Crippen molar-refractivity contribution in [1.29, 1.82) is 0 Å². The normalized spacial score (nSPS) is 44.4. The van der Waals surface area contributed by atoms with E-state index in [2.05, 4.69) is 112 Å². The number of aliphatic hydroxyl groups is 12. The topological polar surface area (TPSA) is 554 Å². The van der Waals surface area contributed by atoms with E-state index in [-0.39, 0.29) is 141 Å². The second kappa shape index (κ2) is 47.3. The number of thioether (sulfide) groups is 4. The lowest BCUT2D eigenvalue weighted by atomic mass is 10.1. The molecule has 0 saturated heterocycles. The average molecular weight is 2130 g/mol. The van der Waals surface area contributed by atoms with E-state index in [1.807, 2.05) is 6.92 Å². The number of aliphatic hydroxyl groups excluding tert-OH is 2. The van der Waals surface area contributed by atoms with Crippen LogP contribution in [0.5, 0.6) is 0 Å². The van der Waals surface area contributed by atoms with Crippen LogP contribution >= 0.6 is 47.0 Å². The Morgan fingerprint density at radius 2 is 0.674 bits per heavy atom. The number of halogens is 4. The summed E-state index contributed by atoms with van der Waals surface area (Å²) in [6.07, 6.45) is -73.6. The van der Waals surface area contributed by atoms with E-state index in [0.717, 1.165) is 32.5 Å². The summed E-state index contributed by atoms with van der Waals surface area (Å²) >= 11 is 1.35. The monoisotopic (exact) mass is 2130 g/mol. The molecule has 4 aromatic carbocycles. The first-order chi connectivity index (χ1) is 91.1. The van der Waals surface area contributed by atoms with Crippen molar-refractivity contribution >= 4 is 115 Å². The van der Waals surface area contributed by atoms with Gasteiger partial charge in [-0.25, -0.2) is 76.2 Å². The van der Waals surface area contributed by atoms with Crippen molar-refractivity contribution in [3.05, 3.63) is 140 Å². The molecule has 20 rings (SSSR count). The third-order valence-corrected chi connectivity index (χ3v) is 24.3. The van der Waals surface area contributed by atoms with Gasteiger partial charge in [-0.15, -0.1) is 20.4 Å². The van der Waals surface area contributed by atoms with Crippen LogP contribution in [0.2, 0.25) is 0 Å². The van der Waals surface area contributed by atoms with Gasteiger partial charge in [0.15, 0.2) is 88.6 Å². The molecule has 0 amide bonds. The number of nitrogens with one attached hydrogen (secondary N) is 4. The first kappa shape index (κ1) is 55.1. The molecule has 0 unspecified atom stereocenters. The van der Waals surface area contributed by atoms with Crippen LogP contribution in [0.15, 0.2) is 93.1 Å². The summed E-state index contributed by atoms with van der Waals surface area (Å²) in [5, 5.41) is 166. The van der Waals surface area contributed by atoms with Crippen LogP contribution in [-0.2, 0) is 18.9 Å². The minimum atomic E-state index is -4.41. The molecule has 0 aliphatic heterocycles. The van der Waals surface area contributed by atoms with Gasteiger partial charge in [0.05, 0.1) is 150 Å². The van der Waals surface area contributed by atoms with Crippen molar-refractivity contribution in [2.45, 2.75) is 298 Å².